The summed E-state index contributed by atoms with van der Waals surface area (Å²) in [6.45, 7) is 6.48. The van der Waals surface area contributed by atoms with Crippen molar-refractivity contribution in [2.75, 3.05) is 13.1 Å². The molecule has 0 unspecified atom stereocenters. The van der Waals surface area contributed by atoms with Crippen molar-refractivity contribution >= 4 is 21.4 Å². The highest BCUT2D eigenvalue weighted by molar-refractivity contribution is 7.91. The van der Waals surface area contributed by atoms with E-state index in [1.807, 2.05) is 32.0 Å². The topological polar surface area (TPSA) is 75.4 Å². The van der Waals surface area contributed by atoms with Gasteiger partial charge in [-0.1, -0.05) is 35.5 Å². The first-order chi connectivity index (χ1) is 13.9. The predicted molar refractivity (Wildman–Crippen MR) is 114 cm³/mol. The van der Waals surface area contributed by atoms with Gasteiger partial charge in [0.15, 0.2) is 5.76 Å². The van der Waals surface area contributed by atoms with E-state index < -0.39 is 10.0 Å². The van der Waals surface area contributed by atoms with Gasteiger partial charge in [-0.05, 0) is 44.4 Å². The third-order valence-electron chi connectivity index (χ3n) is 5.39. The molecule has 1 aliphatic heterocycles. The van der Waals surface area contributed by atoms with Gasteiger partial charge in [0.25, 0.3) is 0 Å². The summed E-state index contributed by atoms with van der Waals surface area (Å²) in [6, 6.07) is 13.8. The van der Waals surface area contributed by atoms with Gasteiger partial charge in [-0.25, -0.2) is 13.1 Å². The number of aryl methyl sites for hydroxylation is 1. The molecule has 0 bridgehead atoms. The summed E-state index contributed by atoms with van der Waals surface area (Å²) in [5.74, 6) is 0.642. The molecule has 3 aromatic rings. The number of benzene rings is 1. The molecule has 8 heteroatoms. The number of likely N-dealkylation sites (tertiary alicyclic amines) is 1. The SMILES string of the molecule is Cc1noc(-c2ccc(S(=O)(=O)NC3CCN(Cc4ccccc4)CC3)s2)c1C. The van der Waals surface area contributed by atoms with Crippen LogP contribution in [0, 0.1) is 13.8 Å². The number of piperidine rings is 1. The Bertz CT molecular complexity index is 1070. The number of hydrogen-bond donors (Lipinski definition) is 1. The van der Waals surface area contributed by atoms with Crippen molar-refractivity contribution in [3.8, 4) is 10.6 Å². The zero-order valence-electron chi connectivity index (χ0n) is 16.6. The Morgan fingerprint density at radius 3 is 2.52 bits per heavy atom. The lowest BCUT2D eigenvalue weighted by Crippen LogP contribution is -2.44. The van der Waals surface area contributed by atoms with E-state index in [4.69, 9.17) is 4.52 Å². The number of hydrogen-bond acceptors (Lipinski definition) is 6. The van der Waals surface area contributed by atoms with E-state index in [0.717, 1.165) is 48.6 Å². The first-order valence-electron chi connectivity index (χ1n) is 9.74. The molecule has 0 aliphatic carbocycles. The van der Waals surface area contributed by atoms with Gasteiger partial charge in [-0.3, -0.25) is 4.90 Å². The maximum Gasteiger partial charge on any atom is 0.250 e. The maximum absolute atomic E-state index is 12.8. The minimum absolute atomic E-state index is 0.0353. The molecule has 1 fully saturated rings. The lowest BCUT2D eigenvalue weighted by Gasteiger charge is -2.32. The first kappa shape index (κ1) is 20.3. The van der Waals surface area contributed by atoms with Crippen LogP contribution >= 0.6 is 11.3 Å². The van der Waals surface area contributed by atoms with E-state index in [1.165, 1.54) is 16.9 Å². The average molecular weight is 432 g/mol. The molecule has 2 aromatic heterocycles. The van der Waals surface area contributed by atoms with E-state index in [1.54, 1.807) is 12.1 Å². The van der Waals surface area contributed by atoms with Crippen LogP contribution in [0.2, 0.25) is 0 Å². The Hall–Kier alpha value is -2.00. The van der Waals surface area contributed by atoms with Crippen LogP contribution in [-0.4, -0.2) is 37.6 Å². The number of nitrogens with one attached hydrogen (secondary N) is 1. The molecule has 1 aromatic carbocycles. The molecule has 0 radical (unpaired) electrons. The summed E-state index contributed by atoms with van der Waals surface area (Å²) < 4.78 is 34.3. The quantitative estimate of drug-likeness (QED) is 0.639. The van der Waals surface area contributed by atoms with E-state index in [2.05, 4.69) is 26.9 Å². The van der Waals surface area contributed by atoms with Gasteiger partial charge >= 0.3 is 0 Å². The van der Waals surface area contributed by atoms with Crippen molar-refractivity contribution in [1.29, 1.82) is 0 Å². The van der Waals surface area contributed by atoms with Crippen LogP contribution in [0.25, 0.3) is 10.6 Å². The number of nitrogens with zero attached hydrogens (tertiary/aromatic N) is 2. The van der Waals surface area contributed by atoms with Crippen LogP contribution in [0.4, 0.5) is 0 Å². The predicted octanol–water partition coefficient (Wildman–Crippen LogP) is 3.96. The molecule has 0 saturated carbocycles. The van der Waals surface area contributed by atoms with Crippen molar-refractivity contribution in [2.45, 2.75) is 43.5 Å². The molecule has 6 nitrogen and oxygen atoms in total. The summed E-state index contributed by atoms with van der Waals surface area (Å²) in [6.07, 6.45) is 1.62. The summed E-state index contributed by atoms with van der Waals surface area (Å²) in [4.78, 5) is 3.15. The van der Waals surface area contributed by atoms with Crippen molar-refractivity contribution in [2.24, 2.45) is 0 Å². The molecule has 0 atom stereocenters. The van der Waals surface area contributed by atoms with Crippen LogP contribution < -0.4 is 4.72 Å². The monoisotopic (exact) mass is 431 g/mol. The first-order valence-corrected chi connectivity index (χ1v) is 12.0. The third-order valence-corrected chi connectivity index (χ3v) is 8.48. The fourth-order valence-electron chi connectivity index (χ4n) is 3.56. The smallest absolute Gasteiger partial charge is 0.250 e. The standard InChI is InChI=1S/C21H25N3O3S2/c1-15-16(2)22-27-21(15)19-8-9-20(28-19)29(25,26)23-18-10-12-24(13-11-18)14-17-6-4-3-5-7-17/h3-9,18,23H,10-14H2,1-2H3. The van der Waals surface area contributed by atoms with Crippen molar-refractivity contribution in [1.82, 2.24) is 14.8 Å². The number of sulfonamides is 1. The van der Waals surface area contributed by atoms with Gasteiger partial charge in [0.05, 0.1) is 10.6 Å². The van der Waals surface area contributed by atoms with E-state index in [0.29, 0.717) is 9.97 Å². The second-order valence-corrected chi connectivity index (χ2v) is 10.5. The van der Waals surface area contributed by atoms with Crippen molar-refractivity contribution in [3.05, 3.63) is 59.3 Å². The highest BCUT2D eigenvalue weighted by atomic mass is 32.2. The Morgan fingerprint density at radius 1 is 1.14 bits per heavy atom. The molecule has 3 heterocycles. The fourth-order valence-corrected chi connectivity index (χ4v) is 6.22. The highest BCUT2D eigenvalue weighted by Crippen LogP contribution is 2.34. The number of rotatable bonds is 6. The molecule has 1 aliphatic rings. The van der Waals surface area contributed by atoms with Gasteiger partial charge in [-0.2, -0.15) is 0 Å². The second kappa shape index (κ2) is 8.39. The molecule has 1 saturated heterocycles. The third kappa shape index (κ3) is 4.61. The van der Waals surface area contributed by atoms with Crippen LogP contribution in [0.1, 0.15) is 29.7 Å². The van der Waals surface area contributed by atoms with Gasteiger partial charge in [0, 0.05) is 31.2 Å². The Labute approximate surface area is 175 Å². The minimum Gasteiger partial charge on any atom is -0.355 e. The lowest BCUT2D eigenvalue weighted by atomic mass is 10.1. The highest BCUT2D eigenvalue weighted by Gasteiger charge is 2.26. The van der Waals surface area contributed by atoms with Gasteiger partial charge in [0.1, 0.15) is 4.21 Å². The van der Waals surface area contributed by atoms with Crippen molar-refractivity contribution < 1.29 is 12.9 Å². The molecule has 1 N–H and O–H groups in total. The molecule has 0 spiro atoms. The number of thiophene rings is 1. The molecule has 4 rings (SSSR count). The van der Waals surface area contributed by atoms with Crippen molar-refractivity contribution in [3.63, 3.8) is 0 Å². The largest absolute Gasteiger partial charge is 0.355 e. The van der Waals surface area contributed by atoms with E-state index in [-0.39, 0.29) is 6.04 Å². The maximum atomic E-state index is 12.8. The number of aromatic nitrogens is 1. The van der Waals surface area contributed by atoms with Crippen LogP contribution in [0.3, 0.4) is 0 Å². The average Bonchev–Trinajstić information content (AvgIpc) is 3.32. The molecule has 154 valence electrons. The van der Waals surface area contributed by atoms with Gasteiger partial charge in [-0.15, -0.1) is 11.3 Å². The molecule has 29 heavy (non-hydrogen) atoms. The van der Waals surface area contributed by atoms with Gasteiger partial charge < -0.3 is 4.52 Å². The second-order valence-electron chi connectivity index (χ2n) is 7.50. The van der Waals surface area contributed by atoms with Crippen LogP contribution in [-0.2, 0) is 16.6 Å². The Kier molecular flexibility index (Phi) is 5.87. The normalized spacial score (nSPS) is 16.3. The summed E-state index contributed by atoms with van der Waals surface area (Å²) in [5, 5.41) is 3.96. The van der Waals surface area contributed by atoms with E-state index >= 15 is 0 Å². The van der Waals surface area contributed by atoms with Crippen LogP contribution in [0.15, 0.2) is 51.2 Å². The van der Waals surface area contributed by atoms with Crippen LogP contribution in [0.5, 0.6) is 0 Å². The molecule has 0 amide bonds. The van der Waals surface area contributed by atoms with Gasteiger partial charge in [0.2, 0.25) is 10.0 Å². The fraction of sp³-hybridized carbons (Fsp3) is 0.381. The Morgan fingerprint density at radius 2 is 1.86 bits per heavy atom. The summed E-state index contributed by atoms with van der Waals surface area (Å²) in [7, 11) is -3.54. The van der Waals surface area contributed by atoms with E-state index in [9.17, 15) is 8.42 Å². The zero-order chi connectivity index (χ0) is 20.4. The zero-order valence-corrected chi connectivity index (χ0v) is 18.2. The minimum atomic E-state index is -3.54. The Balaban J connectivity index is 1.37. The summed E-state index contributed by atoms with van der Waals surface area (Å²) >= 11 is 1.22. The molecular weight excluding hydrogens is 406 g/mol. The summed E-state index contributed by atoms with van der Waals surface area (Å²) in [5.41, 5.74) is 3.04. The molecular formula is C21H25N3O3S2. The lowest BCUT2D eigenvalue weighted by molar-refractivity contribution is 0.200.